The summed E-state index contributed by atoms with van der Waals surface area (Å²) >= 11 is 0. The van der Waals surface area contributed by atoms with Crippen LogP contribution in [0.4, 0.5) is 0 Å². The molecule has 1 aliphatic heterocycles. The van der Waals surface area contributed by atoms with E-state index in [1.165, 1.54) is 11.1 Å². The predicted molar refractivity (Wildman–Crippen MR) is 112 cm³/mol. The molecule has 1 aromatic carbocycles. The summed E-state index contributed by atoms with van der Waals surface area (Å²) < 4.78 is 7.83. The molecule has 0 radical (unpaired) electrons. The predicted octanol–water partition coefficient (Wildman–Crippen LogP) is 3.95. The van der Waals surface area contributed by atoms with Crippen molar-refractivity contribution in [2.45, 2.75) is 45.4 Å². The number of carbonyl (C=O) groups excluding carboxylic acids is 1. The van der Waals surface area contributed by atoms with E-state index >= 15 is 0 Å². The van der Waals surface area contributed by atoms with Gasteiger partial charge in [0, 0.05) is 25.2 Å². The molecule has 1 fully saturated rings. The van der Waals surface area contributed by atoms with Crippen LogP contribution in [0.5, 0.6) is 5.75 Å². The van der Waals surface area contributed by atoms with Crippen molar-refractivity contribution < 1.29 is 9.53 Å². The number of aryl methyl sites for hydroxylation is 1. The number of ether oxygens (including phenoxy) is 1. The molecule has 1 saturated heterocycles. The van der Waals surface area contributed by atoms with Crippen LogP contribution in [0.15, 0.2) is 42.6 Å². The van der Waals surface area contributed by atoms with Gasteiger partial charge < -0.3 is 9.64 Å². The Hall–Kier alpha value is -2.89. The average molecular weight is 393 g/mol. The first-order valence-corrected chi connectivity index (χ1v) is 10.3. The van der Waals surface area contributed by atoms with Gasteiger partial charge in [-0.15, -0.1) is 10.2 Å². The Morgan fingerprint density at radius 1 is 1.24 bits per heavy atom. The molecule has 0 N–H and O–H groups in total. The van der Waals surface area contributed by atoms with Gasteiger partial charge in [0.2, 0.25) is 0 Å². The van der Waals surface area contributed by atoms with Crippen molar-refractivity contribution in [1.29, 1.82) is 0 Å². The van der Waals surface area contributed by atoms with Crippen LogP contribution in [-0.4, -0.2) is 45.1 Å². The van der Waals surface area contributed by atoms with Crippen molar-refractivity contribution in [2.75, 3.05) is 19.7 Å². The monoisotopic (exact) mass is 392 g/mol. The zero-order chi connectivity index (χ0) is 20.4. The Labute approximate surface area is 171 Å². The van der Waals surface area contributed by atoms with Gasteiger partial charge in [0.05, 0.1) is 0 Å². The Balaban J connectivity index is 1.39. The Bertz CT molecular complexity index is 1010. The lowest BCUT2D eigenvalue weighted by Gasteiger charge is -2.32. The molecule has 0 spiro atoms. The van der Waals surface area contributed by atoms with Crippen molar-refractivity contribution in [1.82, 2.24) is 19.5 Å². The number of benzene rings is 1. The van der Waals surface area contributed by atoms with E-state index in [0.717, 1.165) is 36.6 Å². The second-order valence-electron chi connectivity index (χ2n) is 8.13. The summed E-state index contributed by atoms with van der Waals surface area (Å²) in [6, 6.07) is 11.9. The zero-order valence-electron chi connectivity index (χ0n) is 17.3. The maximum Gasteiger partial charge on any atom is 0.260 e. The van der Waals surface area contributed by atoms with Crippen LogP contribution in [0.25, 0.3) is 5.65 Å². The van der Waals surface area contributed by atoms with Gasteiger partial charge in [0.15, 0.2) is 12.3 Å². The third kappa shape index (κ3) is 4.11. The summed E-state index contributed by atoms with van der Waals surface area (Å²) in [5.41, 5.74) is 3.35. The number of pyridine rings is 1. The number of amides is 1. The van der Waals surface area contributed by atoms with Crippen LogP contribution >= 0.6 is 0 Å². The lowest BCUT2D eigenvalue weighted by atomic mass is 9.97. The number of piperidine rings is 1. The van der Waals surface area contributed by atoms with Gasteiger partial charge in [-0.1, -0.05) is 26.0 Å². The second-order valence-corrected chi connectivity index (χ2v) is 8.13. The van der Waals surface area contributed by atoms with Crippen LogP contribution in [0.1, 0.15) is 55.5 Å². The van der Waals surface area contributed by atoms with Crippen molar-refractivity contribution in [3.8, 4) is 5.75 Å². The number of hydrogen-bond donors (Lipinski definition) is 0. The highest BCUT2D eigenvalue weighted by Crippen LogP contribution is 2.27. The van der Waals surface area contributed by atoms with Gasteiger partial charge in [0.1, 0.15) is 11.6 Å². The summed E-state index contributed by atoms with van der Waals surface area (Å²) in [5.74, 6) is 2.37. The lowest BCUT2D eigenvalue weighted by Crippen LogP contribution is -2.42. The molecular formula is C23H28N4O2. The molecule has 152 valence electrons. The minimum atomic E-state index is 0.0223. The lowest BCUT2D eigenvalue weighted by molar-refractivity contribution is -0.134. The van der Waals surface area contributed by atoms with E-state index in [-0.39, 0.29) is 18.4 Å². The minimum absolute atomic E-state index is 0.0223. The van der Waals surface area contributed by atoms with Gasteiger partial charge in [-0.25, -0.2) is 0 Å². The summed E-state index contributed by atoms with van der Waals surface area (Å²) in [6.45, 7) is 7.93. The first-order valence-electron chi connectivity index (χ1n) is 10.3. The van der Waals surface area contributed by atoms with E-state index in [2.05, 4.69) is 37.0 Å². The van der Waals surface area contributed by atoms with E-state index in [0.29, 0.717) is 12.5 Å². The fourth-order valence-electron chi connectivity index (χ4n) is 4.17. The quantitative estimate of drug-likeness (QED) is 0.660. The maximum absolute atomic E-state index is 12.8. The van der Waals surface area contributed by atoms with Crippen LogP contribution in [0, 0.1) is 6.92 Å². The molecule has 6 nitrogen and oxygen atoms in total. The summed E-state index contributed by atoms with van der Waals surface area (Å²) in [5, 5.41) is 8.63. The van der Waals surface area contributed by atoms with Gasteiger partial charge in [-0.3, -0.25) is 9.20 Å². The number of likely N-dealkylation sites (tertiary alicyclic amines) is 1. The van der Waals surface area contributed by atoms with Gasteiger partial charge >= 0.3 is 0 Å². The molecule has 0 saturated carbocycles. The SMILES string of the molecule is Cc1cc(OCC(=O)N2CCCC(c3nnc4ccccn34)C2)ccc1C(C)C. The number of fused-ring (bicyclic) bond motifs is 1. The smallest absolute Gasteiger partial charge is 0.260 e. The fourth-order valence-corrected chi connectivity index (χ4v) is 4.17. The number of nitrogens with zero attached hydrogens (tertiary/aromatic N) is 4. The van der Waals surface area contributed by atoms with Crippen LogP contribution in [-0.2, 0) is 4.79 Å². The molecular weight excluding hydrogens is 364 g/mol. The molecule has 0 bridgehead atoms. The molecule has 4 rings (SSSR count). The Morgan fingerprint density at radius 3 is 2.90 bits per heavy atom. The average Bonchev–Trinajstić information content (AvgIpc) is 3.16. The largest absolute Gasteiger partial charge is 0.484 e. The summed E-state index contributed by atoms with van der Waals surface area (Å²) in [6.07, 6.45) is 3.95. The van der Waals surface area contributed by atoms with Crippen molar-refractivity contribution >= 4 is 11.6 Å². The van der Waals surface area contributed by atoms with Crippen LogP contribution in [0.3, 0.4) is 0 Å². The molecule has 1 amide bonds. The van der Waals surface area contributed by atoms with E-state index in [4.69, 9.17) is 4.74 Å². The molecule has 2 aromatic heterocycles. The maximum atomic E-state index is 12.8. The van der Waals surface area contributed by atoms with E-state index in [9.17, 15) is 4.79 Å². The highest BCUT2D eigenvalue weighted by Gasteiger charge is 2.28. The van der Waals surface area contributed by atoms with E-state index in [1.54, 1.807) is 0 Å². The number of carbonyl (C=O) groups is 1. The Morgan fingerprint density at radius 2 is 2.10 bits per heavy atom. The molecule has 1 aliphatic rings. The van der Waals surface area contributed by atoms with Crippen LogP contribution < -0.4 is 4.74 Å². The van der Waals surface area contributed by atoms with Crippen molar-refractivity contribution in [3.05, 3.63) is 59.5 Å². The number of aromatic nitrogens is 3. The van der Waals surface area contributed by atoms with Crippen molar-refractivity contribution in [3.63, 3.8) is 0 Å². The van der Waals surface area contributed by atoms with Gasteiger partial charge in [0.25, 0.3) is 5.91 Å². The first-order chi connectivity index (χ1) is 14.0. The fraction of sp³-hybridized carbons (Fsp3) is 0.435. The number of rotatable bonds is 5. The van der Waals surface area contributed by atoms with E-state index in [1.807, 2.05) is 45.8 Å². The third-order valence-electron chi connectivity index (χ3n) is 5.70. The first kappa shape index (κ1) is 19.4. The third-order valence-corrected chi connectivity index (χ3v) is 5.70. The normalized spacial score (nSPS) is 17.1. The topological polar surface area (TPSA) is 59.7 Å². The molecule has 3 aromatic rings. The van der Waals surface area contributed by atoms with Crippen molar-refractivity contribution in [2.24, 2.45) is 0 Å². The standard InChI is InChI=1S/C23H28N4O2/c1-16(2)20-10-9-19(13-17(20)3)29-15-22(28)26-11-6-7-18(14-26)23-25-24-21-8-4-5-12-27(21)23/h4-5,8-10,12-13,16,18H,6-7,11,14-15H2,1-3H3. The molecule has 6 heteroatoms. The van der Waals surface area contributed by atoms with Crippen LogP contribution in [0.2, 0.25) is 0 Å². The molecule has 0 aliphatic carbocycles. The highest BCUT2D eigenvalue weighted by atomic mass is 16.5. The summed E-state index contributed by atoms with van der Waals surface area (Å²) in [7, 11) is 0. The molecule has 1 atom stereocenters. The van der Waals surface area contributed by atoms with Gasteiger partial charge in [-0.05, 0) is 61.1 Å². The molecule has 29 heavy (non-hydrogen) atoms. The Kier molecular flexibility index (Phi) is 5.51. The zero-order valence-corrected chi connectivity index (χ0v) is 17.3. The highest BCUT2D eigenvalue weighted by molar-refractivity contribution is 5.78. The van der Waals surface area contributed by atoms with E-state index < -0.39 is 0 Å². The minimum Gasteiger partial charge on any atom is -0.484 e. The molecule has 1 unspecified atom stereocenters. The summed E-state index contributed by atoms with van der Waals surface area (Å²) in [4.78, 5) is 14.7. The molecule has 3 heterocycles. The number of hydrogen-bond acceptors (Lipinski definition) is 4. The second kappa shape index (κ2) is 8.23. The van der Waals surface area contributed by atoms with Gasteiger partial charge in [-0.2, -0.15) is 0 Å².